The van der Waals surface area contributed by atoms with E-state index in [1.54, 1.807) is 0 Å². The average molecular weight is 170 g/mol. The summed E-state index contributed by atoms with van der Waals surface area (Å²) in [4.78, 5) is 0. The van der Waals surface area contributed by atoms with E-state index in [2.05, 4.69) is 17.1 Å². The molecule has 1 heterocycles. The van der Waals surface area contributed by atoms with E-state index < -0.39 is 0 Å². The van der Waals surface area contributed by atoms with Crippen molar-refractivity contribution in [2.24, 2.45) is 0 Å². The Morgan fingerprint density at radius 1 is 1.25 bits per heavy atom. The minimum atomic E-state index is 0.658. The molecule has 12 heavy (non-hydrogen) atoms. The molecule has 0 aromatic carbocycles. The predicted molar refractivity (Wildman–Crippen MR) is 49.0 cm³/mol. The lowest BCUT2D eigenvalue weighted by atomic mass is 10.2. The van der Waals surface area contributed by atoms with Crippen molar-refractivity contribution in [3.05, 3.63) is 11.8 Å². The third-order valence-electron chi connectivity index (χ3n) is 1.31. The summed E-state index contributed by atoms with van der Waals surface area (Å²) in [5.74, 6) is 1.42. The van der Waals surface area contributed by atoms with Crippen LogP contribution in [0, 0.1) is 6.92 Å². The van der Waals surface area contributed by atoms with Gasteiger partial charge in [0.25, 0.3) is 0 Å². The molecule has 0 N–H and O–H groups in total. The van der Waals surface area contributed by atoms with Gasteiger partial charge in [0.05, 0.1) is 0 Å². The number of rotatable bonds is 3. The van der Waals surface area contributed by atoms with Gasteiger partial charge in [0.1, 0.15) is 0 Å². The Labute approximate surface area is 74.2 Å². The van der Waals surface area contributed by atoms with Gasteiger partial charge in [-0.05, 0) is 6.42 Å². The fraction of sp³-hybridized carbons (Fsp3) is 0.778. The maximum atomic E-state index is 5.16. The van der Waals surface area contributed by atoms with Crippen LogP contribution in [-0.4, -0.2) is 10.2 Å². The Hall–Kier alpha value is -0.860. The standard InChI is InChI=1S/C7H12N2O.C2H6/c1-3-4-5-7-9-8-6(2)10-7;1-2/h3-5H2,1-2H3;1-2H3. The molecule has 0 unspecified atom stereocenters. The molecule has 0 bridgehead atoms. The topological polar surface area (TPSA) is 38.9 Å². The molecule has 70 valence electrons. The summed E-state index contributed by atoms with van der Waals surface area (Å²) in [5, 5.41) is 7.59. The highest BCUT2D eigenvalue weighted by Gasteiger charge is 1.99. The molecule has 0 aliphatic heterocycles. The number of hydrogen-bond acceptors (Lipinski definition) is 3. The van der Waals surface area contributed by atoms with Crippen molar-refractivity contribution in [2.75, 3.05) is 0 Å². The van der Waals surface area contributed by atoms with Gasteiger partial charge >= 0.3 is 0 Å². The summed E-state index contributed by atoms with van der Waals surface area (Å²) in [6.07, 6.45) is 3.21. The van der Waals surface area contributed by atoms with Crippen LogP contribution in [0.15, 0.2) is 4.42 Å². The van der Waals surface area contributed by atoms with Crippen LogP contribution < -0.4 is 0 Å². The highest BCUT2D eigenvalue weighted by atomic mass is 16.4. The molecule has 0 spiro atoms. The van der Waals surface area contributed by atoms with Gasteiger partial charge in [-0.3, -0.25) is 0 Å². The Balaban J connectivity index is 0.000000561. The molecule has 1 aromatic heterocycles. The van der Waals surface area contributed by atoms with Crippen molar-refractivity contribution < 1.29 is 4.42 Å². The first-order valence-electron chi connectivity index (χ1n) is 4.62. The molecule has 0 amide bonds. The minimum absolute atomic E-state index is 0.658. The van der Waals surface area contributed by atoms with E-state index in [1.807, 2.05) is 20.8 Å². The maximum Gasteiger partial charge on any atom is 0.216 e. The first kappa shape index (κ1) is 11.1. The van der Waals surface area contributed by atoms with Crippen LogP contribution >= 0.6 is 0 Å². The number of hydrogen-bond donors (Lipinski definition) is 0. The second-order valence-electron chi connectivity index (χ2n) is 2.32. The van der Waals surface area contributed by atoms with E-state index in [4.69, 9.17) is 4.42 Å². The number of unbranched alkanes of at least 4 members (excludes halogenated alkanes) is 1. The van der Waals surface area contributed by atoms with E-state index in [9.17, 15) is 0 Å². The lowest BCUT2D eigenvalue weighted by Crippen LogP contribution is -1.83. The molecule has 0 saturated heterocycles. The minimum Gasteiger partial charge on any atom is -0.426 e. The fourth-order valence-electron chi connectivity index (χ4n) is 0.767. The van der Waals surface area contributed by atoms with Gasteiger partial charge in [-0.15, -0.1) is 10.2 Å². The molecular weight excluding hydrogens is 152 g/mol. The maximum absolute atomic E-state index is 5.16. The molecular formula is C9H18N2O. The van der Waals surface area contributed by atoms with E-state index in [0.29, 0.717) is 5.89 Å². The molecule has 0 fully saturated rings. The summed E-state index contributed by atoms with van der Waals surface area (Å²) >= 11 is 0. The van der Waals surface area contributed by atoms with Crippen molar-refractivity contribution >= 4 is 0 Å². The summed E-state index contributed by atoms with van der Waals surface area (Å²) < 4.78 is 5.16. The normalized spacial score (nSPS) is 9.00. The van der Waals surface area contributed by atoms with Gasteiger partial charge in [0.2, 0.25) is 11.8 Å². The lowest BCUT2D eigenvalue weighted by molar-refractivity contribution is 0.460. The van der Waals surface area contributed by atoms with Gasteiger partial charge in [-0.1, -0.05) is 27.2 Å². The van der Waals surface area contributed by atoms with Crippen LogP contribution in [0.25, 0.3) is 0 Å². The Morgan fingerprint density at radius 3 is 2.33 bits per heavy atom. The molecule has 1 aromatic rings. The summed E-state index contributed by atoms with van der Waals surface area (Å²) in [6, 6.07) is 0. The molecule has 0 radical (unpaired) electrons. The van der Waals surface area contributed by atoms with Crippen molar-refractivity contribution in [2.45, 2.75) is 47.0 Å². The highest BCUT2D eigenvalue weighted by Crippen LogP contribution is 2.02. The molecule has 1 rings (SSSR count). The van der Waals surface area contributed by atoms with Crippen molar-refractivity contribution in [1.29, 1.82) is 0 Å². The van der Waals surface area contributed by atoms with Crippen LogP contribution in [0.1, 0.15) is 45.4 Å². The van der Waals surface area contributed by atoms with Gasteiger partial charge in [0.15, 0.2) is 0 Å². The third-order valence-corrected chi connectivity index (χ3v) is 1.31. The zero-order valence-electron chi connectivity index (χ0n) is 8.42. The monoisotopic (exact) mass is 170 g/mol. The molecule has 0 atom stereocenters. The zero-order valence-corrected chi connectivity index (χ0v) is 8.42. The molecule has 3 nitrogen and oxygen atoms in total. The van der Waals surface area contributed by atoms with Crippen LogP contribution in [0.5, 0.6) is 0 Å². The molecule has 0 aliphatic carbocycles. The first-order chi connectivity index (χ1) is 5.83. The number of aromatic nitrogens is 2. The first-order valence-corrected chi connectivity index (χ1v) is 4.62. The SMILES string of the molecule is CC.CCCCc1nnc(C)o1. The van der Waals surface area contributed by atoms with Crippen LogP contribution in [0.4, 0.5) is 0 Å². The van der Waals surface area contributed by atoms with Crippen LogP contribution in [-0.2, 0) is 6.42 Å². The summed E-state index contributed by atoms with van der Waals surface area (Å²) in [6.45, 7) is 7.95. The van der Waals surface area contributed by atoms with Gasteiger partial charge < -0.3 is 4.42 Å². The van der Waals surface area contributed by atoms with Crippen molar-refractivity contribution in [3.8, 4) is 0 Å². The van der Waals surface area contributed by atoms with Gasteiger partial charge in [-0.2, -0.15) is 0 Å². The average Bonchev–Trinajstić information content (AvgIpc) is 2.51. The van der Waals surface area contributed by atoms with Crippen LogP contribution in [0.2, 0.25) is 0 Å². The summed E-state index contributed by atoms with van der Waals surface area (Å²) in [7, 11) is 0. The Bertz CT molecular complexity index is 196. The molecule has 3 heteroatoms. The predicted octanol–water partition coefficient (Wildman–Crippen LogP) is 2.75. The lowest BCUT2D eigenvalue weighted by Gasteiger charge is -1.88. The molecule has 0 saturated carbocycles. The number of nitrogens with zero attached hydrogens (tertiary/aromatic N) is 2. The van der Waals surface area contributed by atoms with E-state index in [0.717, 1.165) is 18.7 Å². The fourth-order valence-corrected chi connectivity index (χ4v) is 0.767. The Kier molecular flexibility index (Phi) is 6.34. The third kappa shape index (κ3) is 4.11. The van der Waals surface area contributed by atoms with Crippen molar-refractivity contribution in [3.63, 3.8) is 0 Å². The molecule has 0 aliphatic rings. The van der Waals surface area contributed by atoms with E-state index >= 15 is 0 Å². The second kappa shape index (κ2) is 6.83. The largest absolute Gasteiger partial charge is 0.426 e. The van der Waals surface area contributed by atoms with Gasteiger partial charge in [-0.25, -0.2) is 0 Å². The Morgan fingerprint density at radius 2 is 1.92 bits per heavy atom. The smallest absolute Gasteiger partial charge is 0.216 e. The number of aryl methyl sites for hydroxylation is 2. The summed E-state index contributed by atoms with van der Waals surface area (Å²) in [5.41, 5.74) is 0. The van der Waals surface area contributed by atoms with Gasteiger partial charge in [0, 0.05) is 13.3 Å². The van der Waals surface area contributed by atoms with E-state index in [-0.39, 0.29) is 0 Å². The highest BCUT2D eigenvalue weighted by molar-refractivity contribution is 4.78. The second-order valence-corrected chi connectivity index (χ2v) is 2.32. The van der Waals surface area contributed by atoms with Crippen LogP contribution in [0.3, 0.4) is 0 Å². The van der Waals surface area contributed by atoms with Crippen molar-refractivity contribution in [1.82, 2.24) is 10.2 Å². The quantitative estimate of drug-likeness (QED) is 0.700. The van der Waals surface area contributed by atoms with E-state index in [1.165, 1.54) is 6.42 Å². The zero-order chi connectivity index (χ0) is 9.40.